The molecule has 0 fully saturated rings. The molecule has 4 aromatic carbocycles. The van der Waals surface area contributed by atoms with E-state index in [9.17, 15) is 15.2 Å². The molecule has 0 radical (unpaired) electrons. The van der Waals surface area contributed by atoms with Crippen molar-refractivity contribution in [2.45, 2.75) is 0 Å². The molecular weight excluding hydrogens is 394 g/mol. The number of nitrogens with zero attached hydrogens (tertiary/aromatic N) is 3. The van der Waals surface area contributed by atoms with Crippen LogP contribution in [0.1, 0.15) is 5.56 Å². The first-order valence-corrected chi connectivity index (χ1v) is 9.46. The summed E-state index contributed by atoms with van der Waals surface area (Å²) in [6, 6.07) is 22.8. The van der Waals surface area contributed by atoms with Crippen LogP contribution in [0.4, 0.5) is 11.4 Å². The fraction of sp³-hybridized carbons (Fsp3) is 0. The second-order valence-electron chi connectivity index (χ2n) is 6.97. The normalized spacial score (nSPS) is 11.5. The van der Waals surface area contributed by atoms with Crippen LogP contribution in [0.5, 0.6) is 5.75 Å². The summed E-state index contributed by atoms with van der Waals surface area (Å²) in [6.45, 7) is 0. The molecule has 0 unspecified atom stereocenters. The maximum Gasteiger partial charge on any atom is 0.270 e. The van der Waals surface area contributed by atoms with E-state index < -0.39 is 4.92 Å². The lowest BCUT2D eigenvalue weighted by molar-refractivity contribution is -0.385. The summed E-state index contributed by atoms with van der Waals surface area (Å²) in [4.78, 5) is 19.2. The van der Waals surface area contributed by atoms with E-state index in [1.165, 1.54) is 18.3 Å². The van der Waals surface area contributed by atoms with Gasteiger partial charge in [-0.05, 0) is 40.6 Å². The Kier molecular flexibility index (Phi) is 4.41. The van der Waals surface area contributed by atoms with E-state index in [4.69, 9.17) is 4.42 Å². The van der Waals surface area contributed by atoms with Crippen LogP contribution in [-0.2, 0) is 0 Å². The molecule has 0 spiro atoms. The molecule has 1 aromatic heterocycles. The molecule has 0 saturated carbocycles. The standard InChI is InChI=1S/C24H15N3O4/c28-22-10-8-20(27(29)30)12-18(22)14-25-19-7-9-21-23(13-19)31-24(26-21)17-6-5-15-3-1-2-4-16(15)11-17/h1-14,28H/p-1. The molecule has 1 heterocycles. The number of nitro benzene ring substituents is 1. The van der Waals surface area contributed by atoms with Crippen molar-refractivity contribution in [1.29, 1.82) is 0 Å². The van der Waals surface area contributed by atoms with Gasteiger partial charge >= 0.3 is 0 Å². The van der Waals surface area contributed by atoms with Crippen LogP contribution in [0, 0.1) is 10.1 Å². The van der Waals surface area contributed by atoms with E-state index in [1.54, 1.807) is 18.2 Å². The number of aromatic nitrogens is 1. The van der Waals surface area contributed by atoms with E-state index in [1.807, 2.05) is 42.5 Å². The highest BCUT2D eigenvalue weighted by molar-refractivity contribution is 5.89. The smallest absolute Gasteiger partial charge is 0.270 e. The van der Waals surface area contributed by atoms with Crippen LogP contribution in [-0.4, -0.2) is 16.1 Å². The lowest BCUT2D eigenvalue weighted by atomic mass is 10.1. The average molecular weight is 408 g/mol. The number of aliphatic imine (C=N–C) groups is 1. The zero-order valence-corrected chi connectivity index (χ0v) is 16.1. The minimum Gasteiger partial charge on any atom is -0.872 e. The molecule has 0 aliphatic rings. The van der Waals surface area contributed by atoms with Crippen LogP contribution in [0.25, 0.3) is 33.3 Å². The molecule has 5 aromatic rings. The van der Waals surface area contributed by atoms with E-state index >= 15 is 0 Å². The van der Waals surface area contributed by atoms with Crippen LogP contribution >= 0.6 is 0 Å². The van der Waals surface area contributed by atoms with Crippen LogP contribution in [0.2, 0.25) is 0 Å². The van der Waals surface area contributed by atoms with Crippen molar-refractivity contribution < 1.29 is 14.4 Å². The number of non-ortho nitro benzene ring substituents is 1. The third-order valence-electron chi connectivity index (χ3n) is 4.93. The van der Waals surface area contributed by atoms with E-state index in [-0.39, 0.29) is 17.0 Å². The first kappa shape index (κ1) is 18.5. The molecule has 0 N–H and O–H groups in total. The molecule has 0 amide bonds. The van der Waals surface area contributed by atoms with Crippen LogP contribution in [0.3, 0.4) is 0 Å². The van der Waals surface area contributed by atoms with Gasteiger partial charge in [0.2, 0.25) is 5.89 Å². The predicted molar refractivity (Wildman–Crippen MR) is 117 cm³/mol. The minimum absolute atomic E-state index is 0.142. The first-order valence-electron chi connectivity index (χ1n) is 9.46. The minimum atomic E-state index is -0.550. The van der Waals surface area contributed by atoms with Gasteiger partial charge in [-0.25, -0.2) is 4.98 Å². The Labute approximate surface area is 176 Å². The summed E-state index contributed by atoms with van der Waals surface area (Å²) >= 11 is 0. The maximum atomic E-state index is 11.9. The molecule has 0 aliphatic carbocycles. The Morgan fingerprint density at radius 2 is 1.77 bits per heavy atom. The van der Waals surface area contributed by atoms with Gasteiger partial charge in [0.15, 0.2) is 5.58 Å². The van der Waals surface area contributed by atoms with Crippen molar-refractivity contribution >= 4 is 39.5 Å². The third-order valence-corrected chi connectivity index (χ3v) is 4.93. The molecule has 150 valence electrons. The van der Waals surface area contributed by atoms with E-state index in [2.05, 4.69) is 9.98 Å². The lowest BCUT2D eigenvalue weighted by Gasteiger charge is -2.08. The average Bonchev–Trinajstić information content (AvgIpc) is 3.21. The predicted octanol–water partition coefficient (Wildman–Crippen LogP) is 5.38. The highest BCUT2D eigenvalue weighted by Gasteiger charge is 2.10. The van der Waals surface area contributed by atoms with Gasteiger partial charge in [0.05, 0.1) is 10.6 Å². The zero-order chi connectivity index (χ0) is 21.4. The van der Waals surface area contributed by atoms with Gasteiger partial charge in [0, 0.05) is 30.0 Å². The highest BCUT2D eigenvalue weighted by atomic mass is 16.6. The summed E-state index contributed by atoms with van der Waals surface area (Å²) in [7, 11) is 0. The lowest BCUT2D eigenvalue weighted by Crippen LogP contribution is -1.98. The molecular formula is C24H14N3O4-. The van der Waals surface area contributed by atoms with Gasteiger partial charge in [-0.15, -0.1) is 0 Å². The fourth-order valence-electron chi connectivity index (χ4n) is 3.33. The topological polar surface area (TPSA) is 105 Å². The van der Waals surface area contributed by atoms with Gasteiger partial charge in [-0.3, -0.25) is 15.1 Å². The molecule has 7 heteroatoms. The third kappa shape index (κ3) is 3.60. The summed E-state index contributed by atoms with van der Waals surface area (Å²) in [5, 5.41) is 25.1. The monoisotopic (exact) mass is 408 g/mol. The number of benzene rings is 4. The van der Waals surface area contributed by atoms with Crippen molar-refractivity contribution in [3.63, 3.8) is 0 Å². The summed E-state index contributed by atoms with van der Waals surface area (Å²) < 4.78 is 5.93. The quantitative estimate of drug-likeness (QED) is 0.225. The van der Waals surface area contributed by atoms with Gasteiger partial charge in [-0.1, -0.05) is 42.1 Å². The summed E-state index contributed by atoms with van der Waals surface area (Å²) in [6.07, 6.45) is 1.32. The highest BCUT2D eigenvalue weighted by Crippen LogP contribution is 2.29. The van der Waals surface area contributed by atoms with Gasteiger partial charge in [0.1, 0.15) is 5.52 Å². The Morgan fingerprint density at radius 3 is 2.61 bits per heavy atom. The maximum absolute atomic E-state index is 11.9. The molecule has 0 saturated heterocycles. The van der Waals surface area contributed by atoms with E-state index in [0.29, 0.717) is 22.7 Å². The summed E-state index contributed by atoms with van der Waals surface area (Å²) in [5.74, 6) is 0.163. The molecule has 0 bridgehead atoms. The number of fused-ring (bicyclic) bond motifs is 2. The fourth-order valence-corrected chi connectivity index (χ4v) is 3.33. The van der Waals surface area contributed by atoms with Crippen molar-refractivity contribution in [1.82, 2.24) is 4.98 Å². The Bertz CT molecular complexity index is 1490. The number of hydrogen-bond acceptors (Lipinski definition) is 6. The largest absolute Gasteiger partial charge is 0.872 e. The van der Waals surface area contributed by atoms with Gasteiger partial charge in [0.25, 0.3) is 5.69 Å². The first-order chi connectivity index (χ1) is 15.1. The number of hydrogen-bond donors (Lipinski definition) is 0. The SMILES string of the molecule is O=[N+]([O-])c1ccc([O-])c(C=Nc2ccc3nc(-c4ccc5ccccc5c4)oc3c2)c1. The molecule has 31 heavy (non-hydrogen) atoms. The molecule has 0 aliphatic heterocycles. The van der Waals surface area contributed by atoms with Crippen LogP contribution in [0.15, 0.2) is 88.3 Å². The van der Waals surface area contributed by atoms with Crippen molar-refractivity contribution in [2.24, 2.45) is 4.99 Å². The molecule has 5 rings (SSSR count). The number of rotatable bonds is 4. The molecule has 0 atom stereocenters. The second-order valence-corrected chi connectivity index (χ2v) is 6.97. The molecule has 7 nitrogen and oxygen atoms in total. The Hall–Kier alpha value is -4.52. The van der Waals surface area contributed by atoms with Crippen molar-refractivity contribution in [3.8, 4) is 17.2 Å². The zero-order valence-electron chi connectivity index (χ0n) is 16.1. The van der Waals surface area contributed by atoms with E-state index in [0.717, 1.165) is 22.4 Å². The van der Waals surface area contributed by atoms with Crippen molar-refractivity contribution in [3.05, 3.63) is 94.5 Å². The summed E-state index contributed by atoms with van der Waals surface area (Å²) in [5.41, 5.74) is 2.63. The number of nitro groups is 1. The van der Waals surface area contributed by atoms with Crippen LogP contribution < -0.4 is 5.11 Å². The van der Waals surface area contributed by atoms with Gasteiger partial charge in [-0.2, -0.15) is 0 Å². The Balaban J connectivity index is 1.47. The number of oxazole rings is 1. The van der Waals surface area contributed by atoms with Gasteiger partial charge < -0.3 is 9.52 Å². The van der Waals surface area contributed by atoms with Crippen molar-refractivity contribution in [2.75, 3.05) is 0 Å². The second kappa shape index (κ2) is 7.38. The Morgan fingerprint density at radius 1 is 0.935 bits per heavy atom.